The maximum Gasteiger partial charge on any atom is 0.225 e. The summed E-state index contributed by atoms with van der Waals surface area (Å²) >= 11 is 0. The van der Waals surface area contributed by atoms with Gasteiger partial charge in [-0.2, -0.15) is 0 Å². The highest BCUT2D eigenvalue weighted by Crippen LogP contribution is 2.16. The van der Waals surface area contributed by atoms with E-state index in [0.717, 1.165) is 4.90 Å². The molecule has 0 fully saturated rings. The first-order valence-electron chi connectivity index (χ1n) is 3.59. The number of hydrogen-bond acceptors (Lipinski definition) is 3. The smallest absolute Gasteiger partial charge is 0.225 e. The zero-order chi connectivity index (χ0) is 9.30. The minimum atomic E-state index is -1.05. The first-order valence-corrected chi connectivity index (χ1v) is 3.59. The maximum absolute atomic E-state index is 10.9. The summed E-state index contributed by atoms with van der Waals surface area (Å²) in [5.41, 5.74) is 0.565. The van der Waals surface area contributed by atoms with Crippen LogP contribution in [0.15, 0.2) is 23.6 Å². The molecule has 12 heavy (non-hydrogen) atoms. The number of nitrogens with zero attached hydrogens (tertiary/aromatic N) is 1. The number of aliphatic hydroxyl groups excluding tert-OH is 2. The highest BCUT2D eigenvalue weighted by Gasteiger charge is 2.20. The fourth-order valence-electron chi connectivity index (χ4n) is 0.981. The first-order chi connectivity index (χ1) is 5.52. The van der Waals surface area contributed by atoms with E-state index >= 15 is 0 Å². The van der Waals surface area contributed by atoms with E-state index in [0.29, 0.717) is 5.57 Å². The van der Waals surface area contributed by atoms with Crippen LogP contribution in [0.3, 0.4) is 0 Å². The number of amides is 1. The van der Waals surface area contributed by atoms with Crippen molar-refractivity contribution in [1.29, 1.82) is 0 Å². The predicted molar refractivity (Wildman–Crippen MR) is 43.0 cm³/mol. The van der Waals surface area contributed by atoms with Crippen LogP contribution in [0.5, 0.6) is 0 Å². The van der Waals surface area contributed by atoms with E-state index < -0.39 is 6.23 Å². The maximum atomic E-state index is 10.9. The standard InChI is InChI=1S/C8H11NO3/c1-5-4-9(6(2)10)8(12)3-7(5)11/h3-4,8,11-12H,1-2H3. The van der Waals surface area contributed by atoms with Crippen LogP contribution in [0.4, 0.5) is 0 Å². The zero-order valence-electron chi connectivity index (χ0n) is 6.98. The fraction of sp³-hybridized carbons (Fsp3) is 0.375. The molecule has 2 N–H and O–H groups in total. The molecular formula is C8H11NO3. The molecule has 4 nitrogen and oxygen atoms in total. The molecule has 0 saturated heterocycles. The lowest BCUT2D eigenvalue weighted by Crippen LogP contribution is -2.35. The second-order valence-electron chi connectivity index (χ2n) is 2.70. The first kappa shape index (κ1) is 8.80. The van der Waals surface area contributed by atoms with Gasteiger partial charge in [0.05, 0.1) is 0 Å². The molecule has 0 saturated carbocycles. The number of allylic oxidation sites excluding steroid dienone is 1. The van der Waals surface area contributed by atoms with Crippen molar-refractivity contribution in [3.63, 3.8) is 0 Å². The number of carbonyl (C=O) groups is 1. The third kappa shape index (κ3) is 1.48. The van der Waals surface area contributed by atoms with Gasteiger partial charge in [0.1, 0.15) is 5.76 Å². The van der Waals surface area contributed by atoms with E-state index in [1.807, 2.05) is 0 Å². The average molecular weight is 169 g/mol. The number of rotatable bonds is 0. The zero-order valence-corrected chi connectivity index (χ0v) is 6.98. The second kappa shape index (κ2) is 2.98. The lowest BCUT2D eigenvalue weighted by Gasteiger charge is -2.25. The second-order valence-corrected chi connectivity index (χ2v) is 2.70. The topological polar surface area (TPSA) is 60.8 Å². The van der Waals surface area contributed by atoms with Gasteiger partial charge in [0.2, 0.25) is 5.91 Å². The van der Waals surface area contributed by atoms with Gasteiger partial charge >= 0.3 is 0 Å². The summed E-state index contributed by atoms with van der Waals surface area (Å²) in [6, 6.07) is 0. The molecule has 1 rings (SSSR count). The Kier molecular flexibility index (Phi) is 2.19. The lowest BCUT2D eigenvalue weighted by molar-refractivity contribution is -0.132. The highest BCUT2D eigenvalue weighted by molar-refractivity contribution is 5.75. The Morgan fingerprint density at radius 1 is 1.67 bits per heavy atom. The summed E-state index contributed by atoms with van der Waals surface area (Å²) in [5.74, 6) is -0.245. The summed E-state index contributed by atoms with van der Waals surface area (Å²) in [6.07, 6.45) is 1.59. The largest absolute Gasteiger partial charge is 0.508 e. The normalized spacial score (nSPS) is 23.2. The van der Waals surface area contributed by atoms with Crippen LogP contribution in [-0.2, 0) is 4.79 Å². The van der Waals surface area contributed by atoms with E-state index in [9.17, 15) is 9.90 Å². The van der Waals surface area contributed by atoms with E-state index in [1.54, 1.807) is 6.92 Å². The van der Waals surface area contributed by atoms with E-state index in [1.165, 1.54) is 19.2 Å². The minimum absolute atomic E-state index is 0.0139. The van der Waals surface area contributed by atoms with Crippen LogP contribution in [0, 0.1) is 0 Å². The van der Waals surface area contributed by atoms with Crippen molar-refractivity contribution >= 4 is 5.91 Å². The quantitative estimate of drug-likeness (QED) is 0.555. The monoisotopic (exact) mass is 169 g/mol. The van der Waals surface area contributed by atoms with Crippen LogP contribution < -0.4 is 0 Å². The van der Waals surface area contributed by atoms with Crippen LogP contribution >= 0.6 is 0 Å². The predicted octanol–water partition coefficient (Wildman–Crippen LogP) is 0.513. The van der Waals surface area contributed by atoms with Crippen molar-refractivity contribution in [1.82, 2.24) is 4.90 Å². The van der Waals surface area contributed by atoms with Gasteiger partial charge in [0.15, 0.2) is 6.23 Å². The molecule has 0 radical (unpaired) electrons. The highest BCUT2D eigenvalue weighted by atomic mass is 16.3. The van der Waals surface area contributed by atoms with Gasteiger partial charge in [-0.05, 0) is 6.92 Å². The molecule has 1 amide bonds. The van der Waals surface area contributed by atoms with Gasteiger partial charge in [0.25, 0.3) is 0 Å². The number of carbonyl (C=O) groups excluding carboxylic acids is 1. The Bertz CT molecular complexity index is 267. The third-order valence-electron chi connectivity index (χ3n) is 1.69. The van der Waals surface area contributed by atoms with Crippen LogP contribution in [-0.4, -0.2) is 27.2 Å². The molecule has 0 bridgehead atoms. The lowest BCUT2D eigenvalue weighted by atomic mass is 10.2. The van der Waals surface area contributed by atoms with Gasteiger partial charge in [-0.3, -0.25) is 9.69 Å². The SMILES string of the molecule is CC(=O)N1C=C(C)C(O)=CC1O. The van der Waals surface area contributed by atoms with Crippen molar-refractivity contribution in [3.8, 4) is 0 Å². The molecular weight excluding hydrogens is 158 g/mol. The molecule has 0 spiro atoms. The summed E-state index contributed by atoms with van der Waals surface area (Å²) in [4.78, 5) is 12.0. The van der Waals surface area contributed by atoms with Gasteiger partial charge in [-0.25, -0.2) is 0 Å². The molecule has 1 aliphatic heterocycles. The average Bonchev–Trinajstić information content (AvgIpc) is 1.96. The number of aliphatic hydroxyl groups is 2. The molecule has 66 valence electrons. The van der Waals surface area contributed by atoms with Gasteiger partial charge < -0.3 is 10.2 Å². The van der Waals surface area contributed by atoms with Crippen molar-refractivity contribution in [2.45, 2.75) is 20.1 Å². The minimum Gasteiger partial charge on any atom is -0.508 e. The molecule has 4 heteroatoms. The molecule has 0 aromatic rings. The van der Waals surface area contributed by atoms with Crippen LogP contribution in [0.25, 0.3) is 0 Å². The van der Waals surface area contributed by atoms with Crippen molar-refractivity contribution in [2.24, 2.45) is 0 Å². The van der Waals surface area contributed by atoms with Gasteiger partial charge in [-0.15, -0.1) is 0 Å². The Morgan fingerprint density at radius 3 is 2.75 bits per heavy atom. The van der Waals surface area contributed by atoms with Crippen molar-refractivity contribution in [2.75, 3.05) is 0 Å². The third-order valence-corrected chi connectivity index (χ3v) is 1.69. The Hall–Kier alpha value is -1.29. The summed E-state index contributed by atoms with van der Waals surface area (Å²) in [5, 5.41) is 18.4. The van der Waals surface area contributed by atoms with Crippen molar-refractivity contribution in [3.05, 3.63) is 23.6 Å². The van der Waals surface area contributed by atoms with Crippen molar-refractivity contribution < 1.29 is 15.0 Å². The molecule has 1 aliphatic rings. The summed E-state index contributed by atoms with van der Waals surface area (Å²) < 4.78 is 0. The van der Waals surface area contributed by atoms with Gasteiger partial charge in [-0.1, -0.05) is 0 Å². The van der Waals surface area contributed by atoms with Crippen LogP contribution in [0.1, 0.15) is 13.8 Å². The van der Waals surface area contributed by atoms with E-state index in [4.69, 9.17) is 5.11 Å². The molecule has 1 atom stereocenters. The summed E-state index contributed by atoms with van der Waals surface area (Å²) in [7, 11) is 0. The Balaban J connectivity index is 2.91. The fourth-order valence-corrected chi connectivity index (χ4v) is 0.981. The molecule has 1 unspecified atom stereocenters. The molecule has 0 aromatic heterocycles. The van der Waals surface area contributed by atoms with Crippen LogP contribution in [0.2, 0.25) is 0 Å². The van der Waals surface area contributed by atoms with Gasteiger partial charge in [0, 0.05) is 24.8 Å². The van der Waals surface area contributed by atoms with E-state index in [-0.39, 0.29) is 11.7 Å². The Morgan fingerprint density at radius 2 is 2.25 bits per heavy atom. The Labute approximate surface area is 70.4 Å². The molecule has 0 aliphatic carbocycles. The molecule has 1 heterocycles. The summed E-state index contributed by atoms with van der Waals surface area (Å²) in [6.45, 7) is 3.01. The van der Waals surface area contributed by atoms with E-state index in [2.05, 4.69) is 0 Å². The molecule has 0 aromatic carbocycles. The number of hydrogen-bond donors (Lipinski definition) is 2.